The van der Waals surface area contributed by atoms with Crippen molar-refractivity contribution in [1.82, 2.24) is 4.31 Å². The van der Waals surface area contributed by atoms with Crippen LogP contribution in [0.5, 0.6) is 0 Å². The third-order valence-corrected chi connectivity index (χ3v) is 8.49. The Morgan fingerprint density at radius 3 is 2.48 bits per heavy atom. The average Bonchev–Trinajstić information content (AvgIpc) is 3.33. The molecule has 0 spiro atoms. The Hall–Kier alpha value is -2.11. The normalized spacial score (nSPS) is 19.6. The molecule has 2 fully saturated rings. The van der Waals surface area contributed by atoms with Crippen LogP contribution >= 0.6 is 23.2 Å². The lowest BCUT2D eigenvalue weighted by molar-refractivity contribution is -0.383. The SMILES string of the molecule is O=[N+]([O-])c1ccc(N2CCN(S(=O)(=O)c3ccc(Cl)c(Cl)c3)CC2)cc1NC[C@@H]1CCCO1. The van der Waals surface area contributed by atoms with E-state index in [0.717, 1.165) is 18.5 Å². The molecule has 1 N–H and O–H groups in total. The van der Waals surface area contributed by atoms with Gasteiger partial charge in [0.2, 0.25) is 10.0 Å². The van der Waals surface area contributed by atoms with Crippen molar-refractivity contribution in [2.45, 2.75) is 23.8 Å². The Balaban J connectivity index is 1.45. The zero-order valence-corrected chi connectivity index (χ0v) is 20.1. The van der Waals surface area contributed by atoms with Gasteiger partial charge < -0.3 is 15.0 Å². The van der Waals surface area contributed by atoms with Gasteiger partial charge in [0, 0.05) is 51.1 Å². The Kier molecular flexibility index (Phi) is 7.30. The van der Waals surface area contributed by atoms with Crippen molar-refractivity contribution >= 4 is 50.3 Å². The van der Waals surface area contributed by atoms with Crippen LogP contribution in [0.1, 0.15) is 12.8 Å². The number of rotatable bonds is 7. The number of hydrogen-bond acceptors (Lipinski definition) is 7. The average molecular weight is 515 g/mol. The first-order valence-corrected chi connectivity index (χ1v) is 12.8. The van der Waals surface area contributed by atoms with Gasteiger partial charge in [0.05, 0.1) is 26.0 Å². The molecule has 2 aliphatic heterocycles. The van der Waals surface area contributed by atoms with E-state index in [1.165, 1.54) is 28.6 Å². The predicted octanol–water partition coefficient (Wildman–Crippen LogP) is 4.00. The highest BCUT2D eigenvalue weighted by Crippen LogP contribution is 2.32. The highest BCUT2D eigenvalue weighted by molar-refractivity contribution is 7.89. The molecule has 0 aromatic heterocycles. The second kappa shape index (κ2) is 10.0. The number of ether oxygens (including phenoxy) is 1. The van der Waals surface area contributed by atoms with Gasteiger partial charge >= 0.3 is 0 Å². The number of sulfonamides is 1. The number of nitrogens with zero attached hydrogens (tertiary/aromatic N) is 3. The topological polar surface area (TPSA) is 105 Å². The monoisotopic (exact) mass is 514 g/mol. The molecule has 0 radical (unpaired) electrons. The summed E-state index contributed by atoms with van der Waals surface area (Å²) in [7, 11) is -3.70. The van der Waals surface area contributed by atoms with Crippen molar-refractivity contribution in [3.8, 4) is 0 Å². The fraction of sp³-hybridized carbons (Fsp3) is 0.429. The van der Waals surface area contributed by atoms with Gasteiger partial charge in [0.1, 0.15) is 5.69 Å². The van der Waals surface area contributed by atoms with Gasteiger partial charge in [-0.15, -0.1) is 0 Å². The Morgan fingerprint density at radius 1 is 1.09 bits per heavy atom. The van der Waals surface area contributed by atoms with Gasteiger partial charge in [-0.25, -0.2) is 8.42 Å². The summed E-state index contributed by atoms with van der Waals surface area (Å²) in [6, 6.07) is 9.18. The lowest BCUT2D eigenvalue weighted by Gasteiger charge is -2.35. The molecule has 0 amide bonds. The maximum Gasteiger partial charge on any atom is 0.292 e. The Morgan fingerprint density at radius 2 is 1.85 bits per heavy atom. The molecule has 0 saturated carbocycles. The van der Waals surface area contributed by atoms with Crippen molar-refractivity contribution in [3.63, 3.8) is 0 Å². The fourth-order valence-corrected chi connectivity index (χ4v) is 5.84. The summed E-state index contributed by atoms with van der Waals surface area (Å²) in [5, 5.41) is 15.1. The molecule has 12 heteroatoms. The molecule has 4 rings (SSSR count). The van der Waals surface area contributed by atoms with Crippen molar-refractivity contribution < 1.29 is 18.1 Å². The largest absolute Gasteiger partial charge is 0.377 e. The molecule has 2 saturated heterocycles. The van der Waals surface area contributed by atoms with Crippen LogP contribution in [0.15, 0.2) is 41.3 Å². The molecule has 178 valence electrons. The molecule has 9 nitrogen and oxygen atoms in total. The van der Waals surface area contributed by atoms with Crippen molar-refractivity contribution in [2.24, 2.45) is 0 Å². The number of nitro benzene ring substituents is 1. The summed E-state index contributed by atoms with van der Waals surface area (Å²) in [6.07, 6.45) is 1.96. The Labute approximate surface area is 202 Å². The Bertz CT molecular complexity index is 1130. The van der Waals surface area contributed by atoms with Crippen molar-refractivity contribution in [1.29, 1.82) is 0 Å². The molecular formula is C21H24Cl2N4O5S. The highest BCUT2D eigenvalue weighted by Gasteiger charge is 2.29. The van der Waals surface area contributed by atoms with Gasteiger partial charge in [-0.3, -0.25) is 10.1 Å². The number of nitro groups is 1. The molecule has 2 aromatic carbocycles. The molecule has 2 aromatic rings. The van der Waals surface area contributed by atoms with Crippen molar-refractivity contribution in [3.05, 3.63) is 56.6 Å². The molecule has 0 bridgehead atoms. The first kappa shape index (κ1) is 24.0. The quantitative estimate of drug-likeness (QED) is 0.439. The van der Waals surface area contributed by atoms with Crippen LogP contribution in [-0.4, -0.2) is 63.1 Å². The van der Waals surface area contributed by atoms with E-state index < -0.39 is 14.9 Å². The summed E-state index contributed by atoms with van der Waals surface area (Å²) in [6.45, 7) is 2.66. The number of anilines is 2. The van der Waals surface area contributed by atoms with E-state index in [4.69, 9.17) is 27.9 Å². The second-order valence-electron chi connectivity index (χ2n) is 7.94. The van der Waals surface area contributed by atoms with E-state index in [0.29, 0.717) is 37.0 Å². The number of nitrogens with one attached hydrogen (secondary N) is 1. The number of hydrogen-bond donors (Lipinski definition) is 1. The summed E-state index contributed by atoms with van der Waals surface area (Å²) in [4.78, 5) is 13.2. The third kappa shape index (κ3) is 5.36. The highest BCUT2D eigenvalue weighted by atomic mass is 35.5. The van der Waals surface area contributed by atoms with Crippen LogP contribution in [0.25, 0.3) is 0 Å². The van der Waals surface area contributed by atoms with Crippen LogP contribution < -0.4 is 10.2 Å². The lowest BCUT2D eigenvalue weighted by Crippen LogP contribution is -2.48. The second-order valence-corrected chi connectivity index (χ2v) is 10.7. The maximum atomic E-state index is 13.0. The molecule has 2 heterocycles. The van der Waals surface area contributed by atoms with E-state index >= 15 is 0 Å². The van der Waals surface area contributed by atoms with Gasteiger partial charge in [-0.05, 0) is 43.2 Å². The third-order valence-electron chi connectivity index (χ3n) is 5.85. The van der Waals surface area contributed by atoms with Crippen molar-refractivity contribution in [2.75, 3.05) is 49.5 Å². The zero-order valence-electron chi connectivity index (χ0n) is 17.7. The van der Waals surface area contributed by atoms with Gasteiger partial charge in [0.15, 0.2) is 0 Å². The minimum absolute atomic E-state index is 0.00224. The van der Waals surface area contributed by atoms with E-state index in [2.05, 4.69) is 5.32 Å². The molecule has 0 unspecified atom stereocenters. The minimum Gasteiger partial charge on any atom is -0.377 e. The lowest BCUT2D eigenvalue weighted by atomic mass is 10.2. The smallest absolute Gasteiger partial charge is 0.292 e. The zero-order chi connectivity index (χ0) is 23.6. The van der Waals surface area contributed by atoms with E-state index in [9.17, 15) is 18.5 Å². The molecule has 0 aliphatic carbocycles. The predicted molar refractivity (Wildman–Crippen MR) is 128 cm³/mol. The van der Waals surface area contributed by atoms with Gasteiger partial charge in [-0.1, -0.05) is 23.2 Å². The number of benzene rings is 2. The fourth-order valence-electron chi connectivity index (χ4n) is 4.02. The molecule has 33 heavy (non-hydrogen) atoms. The molecular weight excluding hydrogens is 491 g/mol. The van der Waals surface area contributed by atoms with E-state index in [1.807, 2.05) is 4.90 Å². The molecule has 1 atom stereocenters. The van der Waals surface area contributed by atoms with E-state index in [-0.39, 0.29) is 34.8 Å². The first-order valence-electron chi connectivity index (χ1n) is 10.6. The van der Waals surface area contributed by atoms with E-state index in [1.54, 1.807) is 12.1 Å². The summed E-state index contributed by atoms with van der Waals surface area (Å²) in [5.74, 6) is 0. The summed E-state index contributed by atoms with van der Waals surface area (Å²) >= 11 is 11.9. The number of halogens is 2. The van der Waals surface area contributed by atoms with Gasteiger partial charge in [-0.2, -0.15) is 4.31 Å². The minimum atomic E-state index is -3.70. The van der Waals surface area contributed by atoms with Crippen LogP contribution in [0.3, 0.4) is 0 Å². The van der Waals surface area contributed by atoms with Gasteiger partial charge in [0.25, 0.3) is 5.69 Å². The first-order chi connectivity index (χ1) is 15.8. The van der Waals surface area contributed by atoms with Crippen LogP contribution in [-0.2, 0) is 14.8 Å². The van der Waals surface area contributed by atoms with Crippen LogP contribution in [0.4, 0.5) is 17.1 Å². The maximum absolute atomic E-state index is 13.0. The number of piperazine rings is 1. The summed E-state index contributed by atoms with van der Waals surface area (Å²) in [5.41, 5.74) is 1.22. The van der Waals surface area contributed by atoms with Crippen LogP contribution in [0.2, 0.25) is 10.0 Å². The standard InChI is InChI=1S/C21H24Cl2N4O5S/c22-18-5-4-17(13-19(18)23)33(30,31)26-9-7-25(8-10-26)15-3-6-21(27(28)29)20(12-15)24-14-16-2-1-11-32-16/h3-6,12-13,16,24H,1-2,7-11,14H2/t16-/m0/s1. The van der Waals surface area contributed by atoms with Crippen LogP contribution in [0, 0.1) is 10.1 Å². The molecule has 2 aliphatic rings. The summed E-state index contributed by atoms with van der Waals surface area (Å²) < 4.78 is 33.0.